The zero-order chi connectivity index (χ0) is 14.1. The Morgan fingerprint density at radius 2 is 2.20 bits per heavy atom. The number of aromatic nitrogens is 3. The monoisotopic (exact) mass is 329 g/mol. The van der Waals surface area contributed by atoms with E-state index in [1.54, 1.807) is 19.3 Å². The molecule has 1 N–H and O–H groups in total. The van der Waals surface area contributed by atoms with Crippen LogP contribution in [0, 0.1) is 6.92 Å². The van der Waals surface area contributed by atoms with Crippen LogP contribution in [0.25, 0.3) is 22.2 Å². The number of alkyl halides is 1. The van der Waals surface area contributed by atoms with Crippen molar-refractivity contribution in [1.82, 2.24) is 15.0 Å². The first-order chi connectivity index (χ1) is 9.69. The summed E-state index contributed by atoms with van der Waals surface area (Å²) in [5.41, 5.74) is 4.90. The molecule has 0 radical (unpaired) electrons. The highest BCUT2D eigenvalue weighted by Crippen LogP contribution is 2.28. The number of nitrogens with one attached hydrogen (secondary N) is 1. The molecule has 4 nitrogen and oxygen atoms in total. The summed E-state index contributed by atoms with van der Waals surface area (Å²) < 4.78 is 0. The van der Waals surface area contributed by atoms with Crippen molar-refractivity contribution in [1.29, 1.82) is 0 Å². The zero-order valence-corrected chi connectivity index (χ0v) is 12.4. The van der Waals surface area contributed by atoms with Crippen LogP contribution < -0.4 is 5.56 Å². The molecular formula is C15H12BrN3O. The van der Waals surface area contributed by atoms with Crippen LogP contribution in [0.15, 0.2) is 41.5 Å². The van der Waals surface area contributed by atoms with Crippen LogP contribution in [0.5, 0.6) is 0 Å². The standard InChI is InChI=1S/C15H12BrN3O/c1-9-15(20)19-13-6-10(7-16)5-12(14(13)18-9)11-3-2-4-17-8-11/h2-6,8H,7H2,1H3,(H,19,20). The Morgan fingerprint density at radius 1 is 1.35 bits per heavy atom. The molecule has 0 aliphatic heterocycles. The summed E-state index contributed by atoms with van der Waals surface area (Å²) in [6.45, 7) is 1.71. The lowest BCUT2D eigenvalue weighted by Gasteiger charge is -2.09. The van der Waals surface area contributed by atoms with Gasteiger partial charge in [0.1, 0.15) is 5.69 Å². The van der Waals surface area contributed by atoms with Gasteiger partial charge in [-0.1, -0.05) is 22.0 Å². The summed E-state index contributed by atoms with van der Waals surface area (Å²) in [6, 6.07) is 7.89. The summed E-state index contributed by atoms with van der Waals surface area (Å²) >= 11 is 3.45. The second-order valence-corrected chi connectivity index (χ2v) is 5.13. The van der Waals surface area contributed by atoms with Crippen LogP contribution in [-0.4, -0.2) is 15.0 Å². The molecule has 0 amide bonds. The lowest BCUT2D eigenvalue weighted by molar-refractivity contribution is 1.12. The predicted octanol–water partition coefficient (Wildman–Crippen LogP) is 3.19. The van der Waals surface area contributed by atoms with Gasteiger partial charge in [-0.15, -0.1) is 0 Å². The Morgan fingerprint density at radius 3 is 2.90 bits per heavy atom. The first kappa shape index (κ1) is 13.0. The van der Waals surface area contributed by atoms with Gasteiger partial charge in [0, 0.05) is 28.9 Å². The quantitative estimate of drug-likeness (QED) is 0.734. The van der Waals surface area contributed by atoms with Gasteiger partial charge in [-0.3, -0.25) is 9.78 Å². The summed E-state index contributed by atoms with van der Waals surface area (Å²) in [7, 11) is 0. The molecule has 100 valence electrons. The largest absolute Gasteiger partial charge is 0.319 e. The van der Waals surface area contributed by atoms with E-state index < -0.39 is 0 Å². The number of hydrogen-bond donors (Lipinski definition) is 1. The number of rotatable bonds is 2. The van der Waals surface area contributed by atoms with E-state index in [-0.39, 0.29) is 5.56 Å². The van der Waals surface area contributed by atoms with Crippen molar-refractivity contribution in [3.63, 3.8) is 0 Å². The van der Waals surface area contributed by atoms with E-state index in [1.165, 1.54) is 0 Å². The topological polar surface area (TPSA) is 58.6 Å². The molecule has 3 rings (SSSR count). The fraction of sp³-hybridized carbons (Fsp3) is 0.133. The molecule has 0 saturated carbocycles. The van der Waals surface area contributed by atoms with E-state index in [0.29, 0.717) is 11.0 Å². The molecule has 0 atom stereocenters. The minimum atomic E-state index is -0.152. The third-order valence-electron chi connectivity index (χ3n) is 3.15. The molecule has 20 heavy (non-hydrogen) atoms. The van der Waals surface area contributed by atoms with E-state index in [0.717, 1.165) is 27.7 Å². The third kappa shape index (κ3) is 2.25. The molecule has 0 unspecified atom stereocenters. The maximum atomic E-state index is 11.7. The van der Waals surface area contributed by atoms with Crippen LogP contribution in [-0.2, 0) is 5.33 Å². The fourth-order valence-electron chi connectivity index (χ4n) is 2.16. The molecule has 3 aromatic rings. The van der Waals surface area contributed by atoms with Gasteiger partial charge in [-0.25, -0.2) is 4.98 Å². The van der Waals surface area contributed by atoms with Gasteiger partial charge in [0.15, 0.2) is 0 Å². The predicted molar refractivity (Wildman–Crippen MR) is 83.0 cm³/mol. The highest BCUT2D eigenvalue weighted by molar-refractivity contribution is 9.08. The average molecular weight is 330 g/mol. The molecule has 2 heterocycles. The molecule has 5 heteroatoms. The van der Waals surface area contributed by atoms with Gasteiger partial charge in [0.05, 0.1) is 11.0 Å². The number of H-pyrrole nitrogens is 1. The number of fused-ring (bicyclic) bond motifs is 1. The number of hydrogen-bond acceptors (Lipinski definition) is 3. The van der Waals surface area contributed by atoms with E-state index in [2.05, 4.69) is 36.9 Å². The first-order valence-electron chi connectivity index (χ1n) is 6.19. The first-order valence-corrected chi connectivity index (χ1v) is 7.31. The normalized spacial score (nSPS) is 10.9. The Labute approximate surface area is 124 Å². The summed E-state index contributed by atoms with van der Waals surface area (Å²) in [5.74, 6) is 0. The van der Waals surface area contributed by atoms with E-state index in [1.807, 2.05) is 18.2 Å². The molecule has 0 saturated heterocycles. The van der Waals surface area contributed by atoms with Crippen LogP contribution in [0.2, 0.25) is 0 Å². The fourth-order valence-corrected chi connectivity index (χ4v) is 2.48. The smallest absolute Gasteiger partial charge is 0.269 e. The SMILES string of the molecule is Cc1nc2c(-c3cccnc3)cc(CBr)cc2[nH]c1=O. The van der Waals surface area contributed by atoms with Gasteiger partial charge >= 0.3 is 0 Å². The number of halogens is 1. The van der Waals surface area contributed by atoms with Crippen LogP contribution in [0.3, 0.4) is 0 Å². The molecule has 0 bridgehead atoms. The van der Waals surface area contributed by atoms with Gasteiger partial charge in [-0.2, -0.15) is 0 Å². The molecule has 0 aliphatic carbocycles. The van der Waals surface area contributed by atoms with E-state index in [9.17, 15) is 4.79 Å². The van der Waals surface area contributed by atoms with Gasteiger partial charge < -0.3 is 4.98 Å². The highest BCUT2D eigenvalue weighted by atomic mass is 79.9. The number of aryl methyl sites for hydroxylation is 1. The van der Waals surface area contributed by atoms with E-state index in [4.69, 9.17) is 0 Å². The maximum absolute atomic E-state index is 11.7. The number of nitrogens with zero attached hydrogens (tertiary/aromatic N) is 2. The van der Waals surface area contributed by atoms with Crippen molar-refractivity contribution >= 4 is 27.0 Å². The van der Waals surface area contributed by atoms with Gasteiger partial charge in [0.2, 0.25) is 0 Å². The summed E-state index contributed by atoms with van der Waals surface area (Å²) in [6.07, 6.45) is 3.54. The second kappa shape index (κ2) is 5.17. The van der Waals surface area contributed by atoms with Crippen molar-refractivity contribution in [3.8, 4) is 11.1 Å². The minimum Gasteiger partial charge on any atom is -0.319 e. The number of benzene rings is 1. The minimum absolute atomic E-state index is 0.152. The summed E-state index contributed by atoms with van der Waals surface area (Å²) in [5, 5.41) is 0.714. The van der Waals surface area contributed by atoms with Gasteiger partial charge in [0.25, 0.3) is 5.56 Å². The summed E-state index contributed by atoms with van der Waals surface area (Å²) in [4.78, 5) is 23.2. The Balaban J connectivity index is 2.40. The van der Waals surface area contributed by atoms with E-state index >= 15 is 0 Å². The van der Waals surface area contributed by atoms with Crippen LogP contribution in [0.1, 0.15) is 11.3 Å². The third-order valence-corrected chi connectivity index (χ3v) is 3.80. The maximum Gasteiger partial charge on any atom is 0.269 e. The van der Waals surface area contributed by atoms with Crippen molar-refractivity contribution in [2.45, 2.75) is 12.3 Å². The second-order valence-electron chi connectivity index (χ2n) is 4.57. The van der Waals surface area contributed by atoms with Crippen molar-refractivity contribution in [2.24, 2.45) is 0 Å². The molecule has 0 aliphatic rings. The Kier molecular flexibility index (Phi) is 3.36. The Bertz CT molecular complexity index is 828. The number of pyridine rings is 1. The van der Waals surface area contributed by atoms with Crippen LogP contribution in [0.4, 0.5) is 0 Å². The lowest BCUT2D eigenvalue weighted by Crippen LogP contribution is -2.12. The molecule has 0 spiro atoms. The molecular weight excluding hydrogens is 318 g/mol. The average Bonchev–Trinajstić information content (AvgIpc) is 2.48. The number of aromatic amines is 1. The van der Waals surface area contributed by atoms with Gasteiger partial charge in [-0.05, 0) is 30.7 Å². The van der Waals surface area contributed by atoms with Crippen molar-refractivity contribution in [3.05, 3.63) is 58.3 Å². The lowest BCUT2D eigenvalue weighted by atomic mass is 10.0. The molecule has 0 fully saturated rings. The molecule has 2 aromatic heterocycles. The zero-order valence-electron chi connectivity index (χ0n) is 10.9. The Hall–Kier alpha value is -2.01. The van der Waals surface area contributed by atoms with Crippen molar-refractivity contribution < 1.29 is 0 Å². The highest BCUT2D eigenvalue weighted by Gasteiger charge is 2.10. The molecule has 1 aromatic carbocycles. The van der Waals surface area contributed by atoms with Crippen LogP contribution >= 0.6 is 15.9 Å². The van der Waals surface area contributed by atoms with Crippen molar-refractivity contribution in [2.75, 3.05) is 0 Å².